The normalized spacial score (nSPS) is 12.1. The molecule has 1 N–H and O–H groups in total. The number of aryl methyl sites for hydroxylation is 3. The van der Waals surface area contributed by atoms with Crippen LogP contribution in [0.3, 0.4) is 0 Å². The van der Waals surface area contributed by atoms with E-state index in [1.54, 1.807) is 19.1 Å². The van der Waals surface area contributed by atoms with Crippen molar-refractivity contribution in [3.8, 4) is 0 Å². The second kappa shape index (κ2) is 11.8. The Hall–Kier alpha value is -3.36. The zero-order valence-corrected chi connectivity index (χ0v) is 23.2. The predicted molar refractivity (Wildman–Crippen MR) is 147 cm³/mol. The summed E-state index contributed by atoms with van der Waals surface area (Å²) in [7, 11) is -2.63. The number of rotatable bonds is 9. The smallest absolute Gasteiger partial charge is 0.264 e. The van der Waals surface area contributed by atoms with Crippen molar-refractivity contribution in [3.05, 3.63) is 94.0 Å². The minimum Gasteiger partial charge on any atom is -0.357 e. The Morgan fingerprint density at radius 1 is 0.946 bits per heavy atom. The van der Waals surface area contributed by atoms with Crippen molar-refractivity contribution in [2.45, 2.75) is 45.2 Å². The Bertz CT molecular complexity index is 1390. The summed E-state index contributed by atoms with van der Waals surface area (Å²) < 4.78 is 28.7. The van der Waals surface area contributed by atoms with Crippen LogP contribution in [0.4, 0.5) is 5.69 Å². The average Bonchev–Trinajstić information content (AvgIpc) is 2.86. The van der Waals surface area contributed by atoms with E-state index >= 15 is 0 Å². The lowest BCUT2D eigenvalue weighted by Gasteiger charge is -2.32. The van der Waals surface area contributed by atoms with Crippen LogP contribution >= 0.6 is 11.6 Å². The maximum absolute atomic E-state index is 13.8. The number of likely N-dealkylation sites (N-methyl/N-ethyl adjacent to an activating group) is 1. The highest BCUT2D eigenvalue weighted by atomic mass is 35.5. The molecule has 3 aromatic rings. The highest BCUT2D eigenvalue weighted by Gasteiger charge is 2.32. The number of anilines is 1. The summed E-state index contributed by atoms with van der Waals surface area (Å²) in [5.74, 6) is -0.854. The molecule has 0 aromatic heterocycles. The Morgan fingerprint density at radius 2 is 1.62 bits per heavy atom. The van der Waals surface area contributed by atoms with Gasteiger partial charge in [0.1, 0.15) is 12.6 Å². The molecule has 0 spiro atoms. The number of amides is 2. The van der Waals surface area contributed by atoms with E-state index < -0.39 is 28.5 Å². The molecule has 9 heteroatoms. The molecule has 1 unspecified atom stereocenters. The van der Waals surface area contributed by atoms with Crippen molar-refractivity contribution in [2.75, 3.05) is 17.9 Å². The van der Waals surface area contributed by atoms with E-state index in [9.17, 15) is 18.0 Å². The van der Waals surface area contributed by atoms with E-state index in [0.29, 0.717) is 10.7 Å². The number of carbonyl (C=O) groups excluding carboxylic acids is 2. The van der Waals surface area contributed by atoms with Crippen molar-refractivity contribution >= 4 is 39.1 Å². The number of hydrogen-bond acceptors (Lipinski definition) is 4. The molecule has 0 aliphatic rings. The van der Waals surface area contributed by atoms with Gasteiger partial charge in [-0.2, -0.15) is 0 Å². The number of halogens is 1. The molecule has 0 heterocycles. The molecule has 0 saturated heterocycles. The van der Waals surface area contributed by atoms with Crippen molar-refractivity contribution in [2.24, 2.45) is 0 Å². The summed E-state index contributed by atoms with van der Waals surface area (Å²) in [4.78, 5) is 27.7. The lowest BCUT2D eigenvalue weighted by Crippen LogP contribution is -2.50. The standard InChI is InChI=1S/C28H32ClN3O4S/c1-19-7-6-8-23(15-19)17-31(22(4)28(34)30-5)27(33)18-32(25-12-9-20(2)21(3)16-25)37(35,36)26-13-10-24(29)11-14-26/h6-16,22H,17-18H2,1-5H3,(H,30,34). The molecular formula is C28H32ClN3O4S. The summed E-state index contributed by atoms with van der Waals surface area (Å²) in [6.07, 6.45) is 0. The van der Waals surface area contributed by atoms with Gasteiger partial charge in [-0.05, 0) is 80.8 Å². The fourth-order valence-electron chi connectivity index (χ4n) is 3.94. The van der Waals surface area contributed by atoms with E-state index in [0.717, 1.165) is 26.6 Å². The first kappa shape index (κ1) is 28.2. The SMILES string of the molecule is CNC(=O)C(C)N(Cc1cccc(C)c1)C(=O)CN(c1ccc(C)c(C)c1)S(=O)(=O)c1ccc(Cl)cc1. The van der Waals surface area contributed by atoms with E-state index in [1.807, 2.05) is 51.1 Å². The van der Waals surface area contributed by atoms with Gasteiger partial charge in [0.25, 0.3) is 10.0 Å². The van der Waals surface area contributed by atoms with Gasteiger partial charge in [-0.15, -0.1) is 0 Å². The Kier molecular flexibility index (Phi) is 8.99. The number of hydrogen-bond donors (Lipinski definition) is 1. The van der Waals surface area contributed by atoms with Crippen LogP contribution in [0.2, 0.25) is 5.02 Å². The maximum atomic E-state index is 13.8. The van der Waals surface area contributed by atoms with Crippen LogP contribution in [0.1, 0.15) is 29.2 Å². The van der Waals surface area contributed by atoms with Gasteiger partial charge < -0.3 is 10.2 Å². The monoisotopic (exact) mass is 541 g/mol. The molecule has 2 amide bonds. The molecule has 37 heavy (non-hydrogen) atoms. The molecule has 0 aliphatic carbocycles. The molecule has 0 saturated carbocycles. The highest BCUT2D eigenvalue weighted by Crippen LogP contribution is 2.27. The molecule has 196 valence electrons. The van der Waals surface area contributed by atoms with Gasteiger partial charge in [0.15, 0.2) is 0 Å². The maximum Gasteiger partial charge on any atom is 0.264 e. The van der Waals surface area contributed by atoms with Crippen molar-refractivity contribution in [1.82, 2.24) is 10.2 Å². The fourth-order valence-corrected chi connectivity index (χ4v) is 5.47. The van der Waals surface area contributed by atoms with Gasteiger partial charge in [-0.25, -0.2) is 8.42 Å². The molecule has 3 rings (SSSR count). The molecular weight excluding hydrogens is 510 g/mol. The van der Waals surface area contributed by atoms with E-state index in [4.69, 9.17) is 11.6 Å². The van der Waals surface area contributed by atoms with E-state index in [2.05, 4.69) is 5.32 Å². The summed E-state index contributed by atoms with van der Waals surface area (Å²) in [5, 5.41) is 2.98. The second-order valence-electron chi connectivity index (χ2n) is 9.04. The van der Waals surface area contributed by atoms with Gasteiger partial charge >= 0.3 is 0 Å². The minimum atomic E-state index is -4.13. The zero-order valence-electron chi connectivity index (χ0n) is 21.7. The summed E-state index contributed by atoms with van der Waals surface area (Å²) in [5.41, 5.74) is 4.08. The van der Waals surface area contributed by atoms with E-state index in [1.165, 1.54) is 36.2 Å². The third kappa shape index (κ3) is 6.70. The van der Waals surface area contributed by atoms with Crippen LogP contribution in [0.5, 0.6) is 0 Å². The van der Waals surface area contributed by atoms with Crippen LogP contribution in [0, 0.1) is 20.8 Å². The topological polar surface area (TPSA) is 86.8 Å². The van der Waals surface area contributed by atoms with Gasteiger partial charge in [0, 0.05) is 18.6 Å². The molecule has 1 atom stereocenters. The quantitative estimate of drug-likeness (QED) is 0.428. The van der Waals surface area contributed by atoms with Crippen molar-refractivity contribution in [1.29, 1.82) is 0 Å². The predicted octanol–water partition coefficient (Wildman–Crippen LogP) is 4.62. The molecule has 0 fully saturated rings. The molecule has 0 aliphatic heterocycles. The Balaban J connectivity index is 2.06. The van der Waals surface area contributed by atoms with Crippen LogP contribution in [-0.4, -0.2) is 44.8 Å². The molecule has 0 bridgehead atoms. The Morgan fingerprint density at radius 3 is 2.22 bits per heavy atom. The van der Waals surface area contributed by atoms with E-state index in [-0.39, 0.29) is 17.3 Å². The van der Waals surface area contributed by atoms with Gasteiger partial charge in [-0.3, -0.25) is 13.9 Å². The fraction of sp³-hybridized carbons (Fsp3) is 0.286. The first-order valence-electron chi connectivity index (χ1n) is 11.9. The van der Waals surface area contributed by atoms with Crippen LogP contribution < -0.4 is 9.62 Å². The first-order valence-corrected chi connectivity index (χ1v) is 13.7. The summed E-state index contributed by atoms with van der Waals surface area (Å²) in [6, 6.07) is 17.8. The molecule has 3 aromatic carbocycles. The lowest BCUT2D eigenvalue weighted by molar-refractivity contribution is -0.139. The van der Waals surface area contributed by atoms with Crippen molar-refractivity contribution < 1.29 is 18.0 Å². The minimum absolute atomic E-state index is 0.00696. The number of carbonyl (C=O) groups is 2. The highest BCUT2D eigenvalue weighted by molar-refractivity contribution is 7.92. The average molecular weight is 542 g/mol. The van der Waals surface area contributed by atoms with Gasteiger partial charge in [0.05, 0.1) is 10.6 Å². The second-order valence-corrected chi connectivity index (χ2v) is 11.3. The van der Waals surface area contributed by atoms with Gasteiger partial charge in [0.2, 0.25) is 11.8 Å². The molecule has 0 radical (unpaired) electrons. The number of sulfonamides is 1. The van der Waals surface area contributed by atoms with Gasteiger partial charge in [-0.1, -0.05) is 47.5 Å². The third-order valence-corrected chi connectivity index (χ3v) is 8.35. The Labute approximate surface area is 224 Å². The van der Waals surface area contributed by atoms with Crippen LogP contribution in [0.25, 0.3) is 0 Å². The lowest BCUT2D eigenvalue weighted by atomic mass is 10.1. The molecule has 7 nitrogen and oxygen atoms in total. The number of nitrogens with one attached hydrogen (secondary N) is 1. The van der Waals surface area contributed by atoms with Crippen LogP contribution in [0.15, 0.2) is 71.6 Å². The van der Waals surface area contributed by atoms with Crippen molar-refractivity contribution in [3.63, 3.8) is 0 Å². The summed E-state index contributed by atoms with van der Waals surface area (Å²) >= 11 is 5.98. The third-order valence-electron chi connectivity index (χ3n) is 6.31. The number of benzene rings is 3. The zero-order chi connectivity index (χ0) is 27.3. The first-order chi connectivity index (χ1) is 17.4. The largest absolute Gasteiger partial charge is 0.357 e. The number of nitrogens with zero attached hydrogens (tertiary/aromatic N) is 2. The summed E-state index contributed by atoms with van der Waals surface area (Å²) in [6.45, 7) is 7.04. The van der Waals surface area contributed by atoms with Crippen LogP contribution in [-0.2, 0) is 26.2 Å².